The van der Waals surface area contributed by atoms with Crippen LogP contribution in [0.4, 0.5) is 0 Å². The Balaban J connectivity index is 1.62. The van der Waals surface area contributed by atoms with Crippen LogP contribution >= 0.6 is 0 Å². The van der Waals surface area contributed by atoms with E-state index in [2.05, 4.69) is 11.1 Å². The van der Waals surface area contributed by atoms with Crippen molar-refractivity contribution in [2.24, 2.45) is 23.7 Å². The number of allylic oxidation sites excluding steroid dienone is 2. The molecular formula is C19H22N2O3. The maximum atomic E-state index is 13.3. The number of carboxylic acid groups (broad SMARTS) is 1. The van der Waals surface area contributed by atoms with E-state index in [9.17, 15) is 14.7 Å². The maximum Gasteiger partial charge on any atom is 0.307 e. The fourth-order valence-corrected chi connectivity index (χ4v) is 4.82. The highest BCUT2D eigenvalue weighted by molar-refractivity contribution is 5.86. The third kappa shape index (κ3) is 2.43. The number of carboxylic acids is 1. The van der Waals surface area contributed by atoms with Gasteiger partial charge in [-0.1, -0.05) is 12.2 Å². The molecule has 2 heterocycles. The Labute approximate surface area is 141 Å². The summed E-state index contributed by atoms with van der Waals surface area (Å²) in [6.07, 6.45) is 11.3. The quantitative estimate of drug-likeness (QED) is 0.867. The molecule has 5 atom stereocenters. The molecule has 1 saturated carbocycles. The van der Waals surface area contributed by atoms with Crippen molar-refractivity contribution in [2.75, 3.05) is 6.54 Å². The largest absolute Gasteiger partial charge is 0.481 e. The molecule has 0 spiro atoms. The summed E-state index contributed by atoms with van der Waals surface area (Å²) in [5.74, 6) is -1.70. The smallest absolute Gasteiger partial charge is 0.307 e. The van der Waals surface area contributed by atoms with Crippen molar-refractivity contribution in [3.05, 3.63) is 42.2 Å². The highest BCUT2D eigenvalue weighted by Crippen LogP contribution is 2.47. The van der Waals surface area contributed by atoms with E-state index in [-0.39, 0.29) is 23.8 Å². The molecule has 5 nitrogen and oxygen atoms in total. The molecule has 1 amide bonds. The number of fused-ring (bicyclic) bond motifs is 2. The minimum Gasteiger partial charge on any atom is -0.481 e. The molecule has 3 aliphatic carbocycles. The van der Waals surface area contributed by atoms with E-state index in [1.807, 2.05) is 23.1 Å². The van der Waals surface area contributed by atoms with Crippen molar-refractivity contribution in [3.63, 3.8) is 0 Å². The minimum atomic E-state index is -0.827. The van der Waals surface area contributed by atoms with E-state index in [1.165, 1.54) is 0 Å². The summed E-state index contributed by atoms with van der Waals surface area (Å²) in [6.45, 7) is 0.718. The Morgan fingerprint density at radius 2 is 1.71 bits per heavy atom. The zero-order valence-electron chi connectivity index (χ0n) is 13.5. The van der Waals surface area contributed by atoms with Crippen molar-refractivity contribution < 1.29 is 14.7 Å². The number of pyridine rings is 1. The highest BCUT2D eigenvalue weighted by Gasteiger charge is 2.50. The molecular weight excluding hydrogens is 304 g/mol. The van der Waals surface area contributed by atoms with Gasteiger partial charge < -0.3 is 10.0 Å². The van der Waals surface area contributed by atoms with Crippen LogP contribution < -0.4 is 0 Å². The molecule has 1 aromatic rings. The van der Waals surface area contributed by atoms with Crippen molar-refractivity contribution in [3.8, 4) is 0 Å². The van der Waals surface area contributed by atoms with Crippen LogP contribution in [0.25, 0.3) is 0 Å². The van der Waals surface area contributed by atoms with E-state index >= 15 is 0 Å². The van der Waals surface area contributed by atoms with Gasteiger partial charge in [-0.2, -0.15) is 0 Å². The molecule has 24 heavy (non-hydrogen) atoms. The monoisotopic (exact) mass is 326 g/mol. The zero-order valence-corrected chi connectivity index (χ0v) is 13.5. The predicted octanol–water partition coefficient (Wildman–Crippen LogP) is 2.66. The number of aromatic nitrogens is 1. The third-order valence-corrected chi connectivity index (χ3v) is 5.95. The van der Waals surface area contributed by atoms with Gasteiger partial charge in [0.1, 0.15) is 0 Å². The van der Waals surface area contributed by atoms with Gasteiger partial charge in [0, 0.05) is 18.9 Å². The standard InChI is InChI=1S/C19H22N2O3/c22-18(16-13-3-5-14(6-4-13)17(16)19(23)24)21-11-1-2-15(21)12-7-9-20-10-8-12/h3,5,7-10,13-17H,1-2,4,6,11H2,(H,23,24)/t13-,14+,15?,16-,17+/m1/s1. The zero-order chi connectivity index (χ0) is 16.7. The average molecular weight is 326 g/mol. The molecule has 2 fully saturated rings. The number of carbonyl (C=O) groups is 2. The number of hydrogen-bond donors (Lipinski definition) is 1. The lowest BCUT2D eigenvalue weighted by Gasteiger charge is -2.44. The van der Waals surface area contributed by atoms with Crippen molar-refractivity contribution in [1.29, 1.82) is 0 Å². The molecule has 1 saturated heterocycles. The van der Waals surface area contributed by atoms with Crippen LogP contribution in [0.15, 0.2) is 36.7 Å². The van der Waals surface area contributed by atoms with Gasteiger partial charge in [-0.15, -0.1) is 0 Å². The fourth-order valence-electron chi connectivity index (χ4n) is 4.82. The first-order chi connectivity index (χ1) is 11.7. The second kappa shape index (κ2) is 6.04. The molecule has 1 aromatic heterocycles. The SMILES string of the molecule is O=C(O)[C@@H]1[C@H](C(=O)N2CCCC2c2ccncc2)[C@@H]2C=C[C@H]1CC2. The predicted molar refractivity (Wildman–Crippen MR) is 87.9 cm³/mol. The number of amides is 1. The van der Waals surface area contributed by atoms with Gasteiger partial charge in [0.05, 0.1) is 17.9 Å². The number of aliphatic carboxylic acids is 1. The van der Waals surface area contributed by atoms with Crippen LogP contribution in [0.2, 0.25) is 0 Å². The summed E-state index contributed by atoms with van der Waals surface area (Å²) in [7, 11) is 0. The lowest BCUT2D eigenvalue weighted by atomic mass is 9.62. The number of rotatable bonds is 3. The van der Waals surface area contributed by atoms with Gasteiger partial charge in [0.15, 0.2) is 0 Å². The summed E-state index contributed by atoms with van der Waals surface area (Å²) in [5.41, 5.74) is 1.10. The fraction of sp³-hybridized carbons (Fsp3) is 0.526. The molecule has 1 aliphatic heterocycles. The summed E-state index contributed by atoms with van der Waals surface area (Å²) in [6, 6.07) is 3.97. The summed E-state index contributed by atoms with van der Waals surface area (Å²) >= 11 is 0. The Kier molecular flexibility index (Phi) is 3.87. The summed E-state index contributed by atoms with van der Waals surface area (Å²) < 4.78 is 0. The van der Waals surface area contributed by atoms with Crippen molar-refractivity contribution in [2.45, 2.75) is 31.7 Å². The molecule has 126 valence electrons. The van der Waals surface area contributed by atoms with Crippen LogP contribution in [0, 0.1) is 23.7 Å². The van der Waals surface area contributed by atoms with Gasteiger partial charge in [-0.3, -0.25) is 14.6 Å². The topological polar surface area (TPSA) is 70.5 Å². The van der Waals surface area contributed by atoms with Crippen LogP contribution in [0.1, 0.15) is 37.3 Å². The molecule has 1 N–H and O–H groups in total. The molecule has 1 unspecified atom stereocenters. The van der Waals surface area contributed by atoms with Crippen LogP contribution in [-0.2, 0) is 9.59 Å². The first kappa shape index (κ1) is 15.4. The van der Waals surface area contributed by atoms with Crippen molar-refractivity contribution >= 4 is 11.9 Å². The van der Waals surface area contributed by atoms with E-state index in [0.29, 0.717) is 0 Å². The van der Waals surface area contributed by atoms with Gasteiger partial charge >= 0.3 is 5.97 Å². The Morgan fingerprint density at radius 1 is 1.04 bits per heavy atom. The van der Waals surface area contributed by atoms with E-state index < -0.39 is 17.8 Å². The molecule has 0 aromatic carbocycles. The Bertz CT molecular complexity index is 672. The third-order valence-electron chi connectivity index (χ3n) is 5.95. The van der Waals surface area contributed by atoms with Gasteiger partial charge in [-0.05, 0) is 55.2 Å². The molecule has 5 rings (SSSR count). The molecule has 0 radical (unpaired) electrons. The normalized spacial score (nSPS) is 34.5. The summed E-state index contributed by atoms with van der Waals surface area (Å²) in [4.78, 5) is 31.1. The van der Waals surface area contributed by atoms with Gasteiger partial charge in [-0.25, -0.2) is 0 Å². The Hall–Kier alpha value is -2.17. The van der Waals surface area contributed by atoms with Crippen LogP contribution in [0.3, 0.4) is 0 Å². The summed E-state index contributed by atoms with van der Waals surface area (Å²) in [5, 5.41) is 9.69. The lowest BCUT2D eigenvalue weighted by molar-refractivity contribution is -0.157. The minimum absolute atomic E-state index is 0.00317. The first-order valence-corrected chi connectivity index (χ1v) is 8.78. The first-order valence-electron chi connectivity index (χ1n) is 8.78. The number of nitrogens with zero attached hydrogens (tertiary/aromatic N) is 2. The van der Waals surface area contributed by atoms with E-state index in [1.54, 1.807) is 12.4 Å². The van der Waals surface area contributed by atoms with E-state index in [4.69, 9.17) is 0 Å². The maximum absolute atomic E-state index is 13.3. The highest BCUT2D eigenvalue weighted by atomic mass is 16.4. The Morgan fingerprint density at radius 3 is 2.33 bits per heavy atom. The van der Waals surface area contributed by atoms with Gasteiger partial charge in [0.25, 0.3) is 0 Å². The number of likely N-dealkylation sites (tertiary alicyclic amines) is 1. The van der Waals surface area contributed by atoms with Gasteiger partial charge in [0.2, 0.25) is 5.91 Å². The second-order valence-electron chi connectivity index (χ2n) is 7.15. The van der Waals surface area contributed by atoms with Crippen LogP contribution in [0.5, 0.6) is 0 Å². The lowest BCUT2D eigenvalue weighted by Crippen LogP contribution is -2.50. The van der Waals surface area contributed by atoms with Crippen LogP contribution in [-0.4, -0.2) is 33.4 Å². The molecule has 4 aliphatic rings. The number of carbonyl (C=O) groups excluding carboxylic acids is 1. The van der Waals surface area contributed by atoms with E-state index in [0.717, 1.165) is 37.8 Å². The molecule has 2 bridgehead atoms. The average Bonchev–Trinajstić information content (AvgIpc) is 3.11. The van der Waals surface area contributed by atoms with Crippen molar-refractivity contribution in [1.82, 2.24) is 9.88 Å². The molecule has 5 heteroatoms. The second-order valence-corrected chi connectivity index (χ2v) is 7.15. The number of hydrogen-bond acceptors (Lipinski definition) is 3.